The first-order chi connectivity index (χ1) is 7.65. The zero-order chi connectivity index (χ0) is 12.1. The molecule has 2 N–H and O–H groups in total. The highest BCUT2D eigenvalue weighted by atomic mass is 16.1. The molecule has 88 valence electrons. The molecule has 0 aliphatic rings. The number of carbonyl (C=O) groups excluding carboxylic acids is 1. The van der Waals surface area contributed by atoms with Crippen LogP contribution in [0, 0.1) is 0 Å². The number of hydrogen-bond acceptors (Lipinski definition) is 3. The molecular weight excluding hydrogens is 200 g/mol. The van der Waals surface area contributed by atoms with Gasteiger partial charge in [-0.05, 0) is 26.0 Å². The lowest BCUT2D eigenvalue weighted by Gasteiger charge is -2.23. The first-order valence-corrected chi connectivity index (χ1v) is 5.82. The van der Waals surface area contributed by atoms with Crippen LogP contribution in [0.2, 0.25) is 0 Å². The molecule has 16 heavy (non-hydrogen) atoms. The summed E-state index contributed by atoms with van der Waals surface area (Å²) in [5, 5.41) is 0. The molecular formula is C13H20N2O. The predicted molar refractivity (Wildman–Crippen MR) is 69.0 cm³/mol. The van der Waals surface area contributed by atoms with E-state index in [9.17, 15) is 4.79 Å². The van der Waals surface area contributed by atoms with E-state index in [1.807, 2.05) is 19.1 Å². The van der Waals surface area contributed by atoms with Crippen molar-refractivity contribution in [2.45, 2.75) is 27.2 Å². The van der Waals surface area contributed by atoms with Gasteiger partial charge < -0.3 is 10.6 Å². The Morgan fingerprint density at radius 2 is 1.88 bits per heavy atom. The van der Waals surface area contributed by atoms with Gasteiger partial charge in [0.05, 0.1) is 11.4 Å². The summed E-state index contributed by atoms with van der Waals surface area (Å²) >= 11 is 0. The summed E-state index contributed by atoms with van der Waals surface area (Å²) in [5.74, 6) is 0.103. The summed E-state index contributed by atoms with van der Waals surface area (Å²) in [7, 11) is 0. The number of nitrogens with zero attached hydrogens (tertiary/aromatic N) is 1. The molecule has 0 radical (unpaired) electrons. The maximum Gasteiger partial charge on any atom is 0.164 e. The van der Waals surface area contributed by atoms with Crippen molar-refractivity contribution in [1.29, 1.82) is 0 Å². The Kier molecular flexibility index (Phi) is 4.35. The van der Waals surface area contributed by atoms with Gasteiger partial charge in [0.15, 0.2) is 5.78 Å². The van der Waals surface area contributed by atoms with Gasteiger partial charge >= 0.3 is 0 Å². The van der Waals surface area contributed by atoms with E-state index in [0.717, 1.165) is 18.8 Å². The smallest absolute Gasteiger partial charge is 0.164 e. The van der Waals surface area contributed by atoms with Gasteiger partial charge in [0.2, 0.25) is 0 Å². The van der Waals surface area contributed by atoms with Crippen LogP contribution in [0.1, 0.15) is 37.6 Å². The van der Waals surface area contributed by atoms with E-state index >= 15 is 0 Å². The monoisotopic (exact) mass is 220 g/mol. The van der Waals surface area contributed by atoms with E-state index < -0.39 is 0 Å². The second kappa shape index (κ2) is 5.54. The van der Waals surface area contributed by atoms with Gasteiger partial charge in [-0.15, -0.1) is 0 Å². The molecule has 3 nitrogen and oxygen atoms in total. The Morgan fingerprint density at radius 3 is 2.38 bits per heavy atom. The number of benzene rings is 1. The molecule has 1 rings (SSSR count). The lowest BCUT2D eigenvalue weighted by Crippen LogP contribution is -2.23. The number of rotatable bonds is 5. The van der Waals surface area contributed by atoms with E-state index in [-0.39, 0.29) is 5.78 Å². The Labute approximate surface area is 97.2 Å². The van der Waals surface area contributed by atoms with Crippen molar-refractivity contribution in [3.05, 3.63) is 23.8 Å². The normalized spacial score (nSPS) is 10.2. The summed E-state index contributed by atoms with van der Waals surface area (Å²) in [6.07, 6.45) is 0.492. The summed E-state index contributed by atoms with van der Waals surface area (Å²) < 4.78 is 0. The lowest BCUT2D eigenvalue weighted by molar-refractivity contribution is 0.0989. The third-order valence-corrected chi connectivity index (χ3v) is 2.81. The predicted octanol–water partition coefficient (Wildman–Crippen LogP) is 2.71. The van der Waals surface area contributed by atoms with Crippen LogP contribution in [-0.4, -0.2) is 18.9 Å². The van der Waals surface area contributed by atoms with Gasteiger partial charge in [-0.3, -0.25) is 4.79 Å². The molecule has 0 aliphatic carbocycles. The standard InChI is InChI=1S/C13H20N2O/c1-4-12(16)10-8-7-9-11(13(10)14)15(5-2)6-3/h7-9H,4-6,14H2,1-3H3. The molecule has 0 spiro atoms. The van der Waals surface area contributed by atoms with E-state index in [2.05, 4.69) is 18.7 Å². The van der Waals surface area contributed by atoms with Crippen LogP contribution in [0.25, 0.3) is 0 Å². The third-order valence-electron chi connectivity index (χ3n) is 2.81. The highest BCUT2D eigenvalue weighted by Crippen LogP contribution is 2.27. The number of para-hydroxylation sites is 1. The van der Waals surface area contributed by atoms with Crippen molar-refractivity contribution in [2.75, 3.05) is 23.7 Å². The van der Waals surface area contributed by atoms with Gasteiger partial charge in [0, 0.05) is 25.1 Å². The van der Waals surface area contributed by atoms with Crippen molar-refractivity contribution in [3.8, 4) is 0 Å². The maximum atomic E-state index is 11.7. The Bertz CT molecular complexity index is 370. The van der Waals surface area contributed by atoms with Crippen molar-refractivity contribution < 1.29 is 4.79 Å². The Hall–Kier alpha value is -1.51. The molecule has 0 fully saturated rings. The number of anilines is 2. The zero-order valence-electron chi connectivity index (χ0n) is 10.3. The molecule has 0 atom stereocenters. The molecule has 0 bridgehead atoms. The van der Waals surface area contributed by atoms with Crippen molar-refractivity contribution in [2.24, 2.45) is 0 Å². The van der Waals surface area contributed by atoms with Crippen LogP contribution in [0.5, 0.6) is 0 Å². The minimum absolute atomic E-state index is 0.103. The highest BCUT2D eigenvalue weighted by molar-refractivity contribution is 6.03. The van der Waals surface area contributed by atoms with Crippen LogP contribution >= 0.6 is 0 Å². The van der Waals surface area contributed by atoms with E-state index in [1.165, 1.54) is 0 Å². The maximum absolute atomic E-state index is 11.7. The van der Waals surface area contributed by atoms with Crippen LogP contribution in [0.15, 0.2) is 18.2 Å². The van der Waals surface area contributed by atoms with E-state index in [0.29, 0.717) is 17.7 Å². The van der Waals surface area contributed by atoms with E-state index in [1.54, 1.807) is 6.07 Å². The van der Waals surface area contributed by atoms with Gasteiger partial charge in [0.25, 0.3) is 0 Å². The fourth-order valence-corrected chi connectivity index (χ4v) is 1.83. The first-order valence-electron chi connectivity index (χ1n) is 5.82. The number of ketones is 1. The number of nitrogens with two attached hydrogens (primary N) is 1. The molecule has 0 saturated heterocycles. The molecule has 0 unspecified atom stereocenters. The van der Waals surface area contributed by atoms with Gasteiger partial charge in [0.1, 0.15) is 0 Å². The number of nitrogen functional groups attached to an aromatic ring is 1. The molecule has 0 saturated carbocycles. The minimum atomic E-state index is 0.103. The fraction of sp³-hybridized carbons (Fsp3) is 0.462. The van der Waals surface area contributed by atoms with Crippen LogP contribution in [-0.2, 0) is 0 Å². The SMILES string of the molecule is CCC(=O)c1cccc(N(CC)CC)c1N. The zero-order valence-corrected chi connectivity index (χ0v) is 10.3. The van der Waals surface area contributed by atoms with Gasteiger partial charge in [-0.25, -0.2) is 0 Å². The summed E-state index contributed by atoms with van der Waals surface area (Å²) in [6, 6.07) is 5.66. The second-order valence-electron chi connectivity index (χ2n) is 3.69. The Balaban J connectivity index is 3.17. The summed E-state index contributed by atoms with van der Waals surface area (Å²) in [4.78, 5) is 13.8. The van der Waals surface area contributed by atoms with Gasteiger partial charge in [-0.2, -0.15) is 0 Å². The highest BCUT2D eigenvalue weighted by Gasteiger charge is 2.13. The minimum Gasteiger partial charge on any atom is -0.396 e. The molecule has 0 aliphatic heterocycles. The van der Waals surface area contributed by atoms with Crippen molar-refractivity contribution in [1.82, 2.24) is 0 Å². The van der Waals surface area contributed by atoms with Gasteiger partial charge in [-0.1, -0.05) is 13.0 Å². The molecule has 3 heteroatoms. The molecule has 0 aromatic heterocycles. The van der Waals surface area contributed by atoms with Crippen LogP contribution in [0.3, 0.4) is 0 Å². The van der Waals surface area contributed by atoms with Crippen LogP contribution < -0.4 is 10.6 Å². The number of carbonyl (C=O) groups is 1. The first kappa shape index (κ1) is 12.6. The molecule has 1 aromatic carbocycles. The average Bonchev–Trinajstić information content (AvgIpc) is 2.32. The quantitative estimate of drug-likeness (QED) is 0.613. The van der Waals surface area contributed by atoms with Crippen LogP contribution in [0.4, 0.5) is 11.4 Å². The molecule has 1 aromatic rings. The molecule has 0 heterocycles. The number of hydrogen-bond donors (Lipinski definition) is 1. The van der Waals surface area contributed by atoms with Crippen molar-refractivity contribution in [3.63, 3.8) is 0 Å². The second-order valence-corrected chi connectivity index (χ2v) is 3.69. The average molecular weight is 220 g/mol. The topological polar surface area (TPSA) is 46.3 Å². The van der Waals surface area contributed by atoms with E-state index in [4.69, 9.17) is 5.73 Å². The third kappa shape index (κ3) is 2.35. The lowest BCUT2D eigenvalue weighted by atomic mass is 10.0. The Morgan fingerprint density at radius 1 is 1.25 bits per heavy atom. The fourth-order valence-electron chi connectivity index (χ4n) is 1.83. The largest absolute Gasteiger partial charge is 0.396 e. The molecule has 0 amide bonds. The summed E-state index contributed by atoms with van der Waals surface area (Å²) in [6.45, 7) is 7.80. The summed E-state index contributed by atoms with van der Waals surface area (Å²) in [5.41, 5.74) is 8.27. The van der Waals surface area contributed by atoms with Crippen molar-refractivity contribution >= 4 is 17.2 Å². The number of Topliss-reactive ketones (excluding diaryl/α,β-unsaturated/α-hetero) is 1.